The first-order valence-corrected chi connectivity index (χ1v) is 10.7. The highest BCUT2D eigenvalue weighted by molar-refractivity contribution is 5.78. The third-order valence-corrected chi connectivity index (χ3v) is 6.04. The number of rotatable bonds is 8. The van der Waals surface area contributed by atoms with E-state index in [4.69, 9.17) is 4.74 Å². The van der Waals surface area contributed by atoms with Gasteiger partial charge in [0.2, 0.25) is 5.91 Å². The molecule has 0 N–H and O–H groups in total. The number of benzene rings is 2. The maximum atomic E-state index is 12.7. The molecule has 0 aromatic heterocycles. The normalized spacial score (nSPS) is 17.1. The molecule has 1 fully saturated rings. The summed E-state index contributed by atoms with van der Waals surface area (Å²) in [7, 11) is 3.66. The molecule has 2 aromatic rings. The SMILES string of the molecule is COc1ccc(CCN2CCCC(CN(C)C(=O)Cc3ccccc3C)C2)cc1. The average molecular weight is 395 g/mol. The lowest BCUT2D eigenvalue weighted by molar-refractivity contribution is -0.130. The standard InChI is InChI=1S/C25H34N2O2/c1-20-7-4-5-9-23(20)17-25(28)26(2)18-22-8-6-15-27(19-22)16-14-21-10-12-24(29-3)13-11-21/h4-5,7,9-13,22H,6,8,14-19H2,1-3H3. The molecule has 1 amide bonds. The number of hydrogen-bond acceptors (Lipinski definition) is 3. The van der Waals surface area contributed by atoms with E-state index >= 15 is 0 Å². The van der Waals surface area contributed by atoms with Crippen molar-refractivity contribution in [1.82, 2.24) is 9.80 Å². The quantitative estimate of drug-likeness (QED) is 0.679. The lowest BCUT2D eigenvalue weighted by Crippen LogP contribution is -2.42. The number of methoxy groups -OCH3 is 1. The van der Waals surface area contributed by atoms with E-state index < -0.39 is 0 Å². The smallest absolute Gasteiger partial charge is 0.226 e. The molecule has 1 saturated heterocycles. The van der Waals surface area contributed by atoms with Gasteiger partial charge in [-0.25, -0.2) is 0 Å². The Morgan fingerprint density at radius 3 is 2.66 bits per heavy atom. The molecule has 29 heavy (non-hydrogen) atoms. The molecule has 1 aliphatic rings. The van der Waals surface area contributed by atoms with E-state index in [1.54, 1.807) is 7.11 Å². The molecule has 0 spiro atoms. The van der Waals surface area contributed by atoms with Gasteiger partial charge in [0.25, 0.3) is 0 Å². The van der Waals surface area contributed by atoms with Crippen molar-refractivity contribution in [3.8, 4) is 5.75 Å². The predicted octanol–water partition coefficient (Wildman–Crippen LogP) is 3.96. The van der Waals surface area contributed by atoms with Crippen LogP contribution >= 0.6 is 0 Å². The summed E-state index contributed by atoms with van der Waals surface area (Å²) in [6.45, 7) is 6.24. The van der Waals surface area contributed by atoms with Crippen LogP contribution in [0.25, 0.3) is 0 Å². The Morgan fingerprint density at radius 1 is 1.17 bits per heavy atom. The van der Waals surface area contributed by atoms with Crippen molar-refractivity contribution < 1.29 is 9.53 Å². The summed E-state index contributed by atoms with van der Waals surface area (Å²) in [5, 5.41) is 0. The largest absolute Gasteiger partial charge is 0.497 e. The summed E-state index contributed by atoms with van der Waals surface area (Å²) in [6, 6.07) is 16.5. The molecule has 0 bridgehead atoms. The van der Waals surface area contributed by atoms with Crippen LogP contribution in [0.3, 0.4) is 0 Å². The van der Waals surface area contributed by atoms with Crippen LogP contribution in [0.5, 0.6) is 5.75 Å². The second kappa shape index (κ2) is 10.4. The molecule has 2 aromatic carbocycles. The minimum absolute atomic E-state index is 0.217. The number of amides is 1. The van der Waals surface area contributed by atoms with Crippen molar-refractivity contribution in [2.45, 2.75) is 32.6 Å². The van der Waals surface area contributed by atoms with Gasteiger partial charge >= 0.3 is 0 Å². The van der Waals surface area contributed by atoms with E-state index in [1.165, 1.54) is 24.0 Å². The minimum atomic E-state index is 0.217. The van der Waals surface area contributed by atoms with Crippen molar-refractivity contribution in [1.29, 1.82) is 0 Å². The van der Waals surface area contributed by atoms with Crippen LogP contribution in [-0.2, 0) is 17.6 Å². The highest BCUT2D eigenvalue weighted by atomic mass is 16.5. The van der Waals surface area contributed by atoms with Crippen LogP contribution in [0.1, 0.15) is 29.5 Å². The van der Waals surface area contributed by atoms with Gasteiger partial charge in [-0.15, -0.1) is 0 Å². The van der Waals surface area contributed by atoms with Crippen LogP contribution in [0, 0.1) is 12.8 Å². The van der Waals surface area contributed by atoms with Gasteiger partial charge in [0.1, 0.15) is 5.75 Å². The molecule has 1 heterocycles. The summed E-state index contributed by atoms with van der Waals surface area (Å²) in [5.41, 5.74) is 3.67. The third-order valence-electron chi connectivity index (χ3n) is 6.04. The van der Waals surface area contributed by atoms with Crippen molar-refractivity contribution in [3.63, 3.8) is 0 Å². The number of nitrogens with zero attached hydrogens (tertiary/aromatic N) is 2. The first-order valence-electron chi connectivity index (χ1n) is 10.7. The molecule has 4 heteroatoms. The van der Waals surface area contributed by atoms with E-state index in [-0.39, 0.29) is 5.91 Å². The highest BCUT2D eigenvalue weighted by Gasteiger charge is 2.22. The lowest BCUT2D eigenvalue weighted by Gasteiger charge is -2.34. The number of carbonyl (C=O) groups excluding carboxylic acids is 1. The average Bonchev–Trinajstić information content (AvgIpc) is 2.74. The molecule has 0 saturated carbocycles. The molecule has 1 aliphatic heterocycles. The van der Waals surface area contributed by atoms with Crippen LogP contribution < -0.4 is 4.74 Å². The van der Waals surface area contributed by atoms with Crippen molar-refractivity contribution >= 4 is 5.91 Å². The molecule has 3 rings (SSSR count). The predicted molar refractivity (Wildman–Crippen MR) is 118 cm³/mol. The number of piperidine rings is 1. The maximum absolute atomic E-state index is 12.7. The number of likely N-dealkylation sites (tertiary alicyclic amines) is 1. The van der Waals surface area contributed by atoms with Gasteiger partial charge < -0.3 is 14.5 Å². The van der Waals surface area contributed by atoms with E-state index in [1.807, 2.05) is 36.2 Å². The second-order valence-corrected chi connectivity index (χ2v) is 8.28. The Kier molecular flexibility index (Phi) is 7.70. The molecule has 0 aliphatic carbocycles. The summed E-state index contributed by atoms with van der Waals surface area (Å²) in [5.74, 6) is 1.69. The van der Waals surface area contributed by atoms with Crippen LogP contribution in [0.15, 0.2) is 48.5 Å². The van der Waals surface area contributed by atoms with Gasteiger partial charge in [-0.1, -0.05) is 36.4 Å². The Hall–Kier alpha value is -2.33. The lowest BCUT2D eigenvalue weighted by atomic mass is 9.96. The first kappa shape index (κ1) is 21.4. The number of likely N-dealkylation sites (N-methyl/N-ethyl adjacent to an activating group) is 1. The number of ether oxygens (including phenoxy) is 1. The number of carbonyl (C=O) groups is 1. The van der Waals surface area contributed by atoms with Crippen molar-refractivity contribution in [2.24, 2.45) is 5.92 Å². The van der Waals surface area contributed by atoms with E-state index in [9.17, 15) is 4.79 Å². The van der Waals surface area contributed by atoms with Crippen LogP contribution in [-0.4, -0.2) is 56.0 Å². The van der Waals surface area contributed by atoms with Gasteiger partial charge in [-0.05, 0) is 67.5 Å². The van der Waals surface area contributed by atoms with Gasteiger partial charge in [0.05, 0.1) is 13.5 Å². The zero-order chi connectivity index (χ0) is 20.6. The summed E-state index contributed by atoms with van der Waals surface area (Å²) >= 11 is 0. The van der Waals surface area contributed by atoms with Gasteiger partial charge in [0, 0.05) is 26.7 Å². The Balaban J connectivity index is 1.45. The number of aryl methyl sites for hydroxylation is 1. The first-order chi connectivity index (χ1) is 14.0. The summed E-state index contributed by atoms with van der Waals surface area (Å²) in [4.78, 5) is 17.2. The summed E-state index contributed by atoms with van der Waals surface area (Å²) in [6.07, 6.45) is 3.98. The van der Waals surface area contributed by atoms with Crippen molar-refractivity contribution in [3.05, 3.63) is 65.2 Å². The van der Waals surface area contributed by atoms with Crippen LogP contribution in [0.4, 0.5) is 0 Å². The number of hydrogen-bond donors (Lipinski definition) is 0. The zero-order valence-electron chi connectivity index (χ0n) is 18.1. The molecular formula is C25H34N2O2. The minimum Gasteiger partial charge on any atom is -0.497 e. The monoisotopic (exact) mass is 394 g/mol. The third kappa shape index (κ3) is 6.33. The van der Waals surface area contributed by atoms with Crippen LogP contribution in [0.2, 0.25) is 0 Å². The van der Waals surface area contributed by atoms with Crippen molar-refractivity contribution in [2.75, 3.05) is 40.3 Å². The Morgan fingerprint density at radius 2 is 1.93 bits per heavy atom. The van der Waals surface area contributed by atoms with Gasteiger partial charge in [0.15, 0.2) is 0 Å². The molecule has 1 atom stereocenters. The molecule has 4 nitrogen and oxygen atoms in total. The fourth-order valence-corrected chi connectivity index (χ4v) is 4.18. The Labute approximate surface area is 175 Å². The molecular weight excluding hydrogens is 360 g/mol. The highest BCUT2D eigenvalue weighted by Crippen LogP contribution is 2.19. The Bertz CT molecular complexity index is 788. The van der Waals surface area contributed by atoms with E-state index in [0.29, 0.717) is 12.3 Å². The zero-order valence-corrected chi connectivity index (χ0v) is 18.1. The summed E-state index contributed by atoms with van der Waals surface area (Å²) < 4.78 is 5.24. The maximum Gasteiger partial charge on any atom is 0.226 e. The fraction of sp³-hybridized carbons (Fsp3) is 0.480. The van der Waals surface area contributed by atoms with Gasteiger partial charge in [-0.2, -0.15) is 0 Å². The molecule has 0 radical (unpaired) electrons. The second-order valence-electron chi connectivity index (χ2n) is 8.28. The van der Waals surface area contributed by atoms with Gasteiger partial charge in [-0.3, -0.25) is 4.79 Å². The molecule has 156 valence electrons. The topological polar surface area (TPSA) is 32.8 Å². The fourth-order valence-electron chi connectivity index (χ4n) is 4.18. The molecule has 1 unspecified atom stereocenters. The van der Waals surface area contributed by atoms with E-state index in [0.717, 1.165) is 43.9 Å². The van der Waals surface area contributed by atoms with E-state index in [2.05, 4.69) is 36.1 Å².